The summed E-state index contributed by atoms with van der Waals surface area (Å²) in [6, 6.07) is 71.1. The zero-order chi connectivity index (χ0) is 34.2. The van der Waals surface area contributed by atoms with Crippen molar-refractivity contribution in [1.29, 1.82) is 0 Å². The Labute approximate surface area is 302 Å². The smallest absolute Gasteiger partial charge is 0.136 e. The topological polar surface area (TPSA) is 13.1 Å². The first kappa shape index (κ1) is 29.1. The zero-order valence-electron chi connectivity index (χ0n) is 28.4. The normalized spacial score (nSPS) is 13.2. The number of fused-ring (bicyclic) bond motifs is 9. The summed E-state index contributed by atoms with van der Waals surface area (Å²) in [7, 11) is 0. The highest BCUT2D eigenvalue weighted by atomic mass is 16.3. The average Bonchev–Trinajstić information content (AvgIpc) is 3.73. The van der Waals surface area contributed by atoms with E-state index in [4.69, 9.17) is 4.42 Å². The molecule has 0 aliphatic heterocycles. The third-order valence-corrected chi connectivity index (χ3v) is 11.3. The van der Waals surface area contributed by atoms with Gasteiger partial charge in [0.1, 0.15) is 11.2 Å². The van der Waals surface area contributed by atoms with E-state index in [0.717, 1.165) is 21.9 Å². The molecule has 1 aromatic heterocycles. The SMILES string of the molecule is c1ccc(-c2cccc3c4c(ccc23)C(c2ccccc2)(c2ccccc2)c2cc(-c3cccc5oc6cc7ccccc7cc6c35)ccc2-4)cc1. The lowest BCUT2D eigenvalue weighted by Gasteiger charge is -2.34. The van der Waals surface area contributed by atoms with Crippen LogP contribution in [0.15, 0.2) is 199 Å². The summed E-state index contributed by atoms with van der Waals surface area (Å²) in [6.45, 7) is 0. The molecule has 1 heterocycles. The van der Waals surface area contributed by atoms with Gasteiger partial charge in [0.25, 0.3) is 0 Å². The quantitative estimate of drug-likeness (QED) is 0.183. The van der Waals surface area contributed by atoms with Crippen molar-refractivity contribution in [1.82, 2.24) is 0 Å². The molecule has 52 heavy (non-hydrogen) atoms. The van der Waals surface area contributed by atoms with E-state index in [9.17, 15) is 0 Å². The van der Waals surface area contributed by atoms with E-state index in [1.54, 1.807) is 0 Å². The van der Waals surface area contributed by atoms with Crippen molar-refractivity contribution < 1.29 is 4.42 Å². The van der Waals surface area contributed by atoms with Gasteiger partial charge in [-0.05, 0) is 101 Å². The molecule has 1 aliphatic carbocycles. The van der Waals surface area contributed by atoms with Crippen LogP contribution in [0.5, 0.6) is 0 Å². The van der Waals surface area contributed by atoms with Gasteiger partial charge in [-0.3, -0.25) is 0 Å². The average molecular weight is 661 g/mol. The minimum atomic E-state index is -0.525. The molecular formula is C51H32O. The van der Waals surface area contributed by atoms with Crippen LogP contribution in [0, 0.1) is 0 Å². The Bertz CT molecular complexity index is 2950. The van der Waals surface area contributed by atoms with Gasteiger partial charge < -0.3 is 4.42 Å². The number of hydrogen-bond donors (Lipinski definition) is 0. The second-order valence-corrected chi connectivity index (χ2v) is 14.0. The molecule has 1 aliphatic rings. The van der Waals surface area contributed by atoms with Crippen molar-refractivity contribution in [2.45, 2.75) is 5.41 Å². The van der Waals surface area contributed by atoms with Crippen LogP contribution in [0.25, 0.3) is 76.9 Å². The molecule has 0 amide bonds. The van der Waals surface area contributed by atoms with Crippen LogP contribution in [-0.2, 0) is 5.41 Å². The molecule has 1 nitrogen and oxygen atoms in total. The molecule has 10 aromatic rings. The molecule has 0 bridgehead atoms. The number of benzene rings is 9. The van der Waals surface area contributed by atoms with Gasteiger partial charge in [0, 0.05) is 10.8 Å². The Balaban J connectivity index is 1.24. The van der Waals surface area contributed by atoms with E-state index in [2.05, 4.69) is 194 Å². The van der Waals surface area contributed by atoms with Crippen molar-refractivity contribution in [3.8, 4) is 33.4 Å². The lowest BCUT2D eigenvalue weighted by Crippen LogP contribution is -2.28. The summed E-state index contributed by atoms with van der Waals surface area (Å²) in [6.07, 6.45) is 0. The van der Waals surface area contributed by atoms with Gasteiger partial charge in [0.15, 0.2) is 0 Å². The molecule has 0 unspecified atom stereocenters. The van der Waals surface area contributed by atoms with Crippen LogP contribution in [0.2, 0.25) is 0 Å². The Morgan fingerprint density at radius 3 is 1.75 bits per heavy atom. The van der Waals surface area contributed by atoms with Crippen LogP contribution >= 0.6 is 0 Å². The second kappa shape index (κ2) is 11.2. The monoisotopic (exact) mass is 660 g/mol. The third-order valence-electron chi connectivity index (χ3n) is 11.3. The second-order valence-electron chi connectivity index (χ2n) is 14.0. The maximum Gasteiger partial charge on any atom is 0.136 e. The summed E-state index contributed by atoms with van der Waals surface area (Å²) in [5.41, 5.74) is 13.8. The molecule has 0 saturated heterocycles. The van der Waals surface area contributed by atoms with Crippen molar-refractivity contribution in [2.75, 3.05) is 0 Å². The fourth-order valence-electron chi connectivity index (χ4n) is 9.13. The summed E-state index contributed by atoms with van der Waals surface area (Å²) < 4.78 is 6.54. The van der Waals surface area contributed by atoms with Crippen LogP contribution in [0.4, 0.5) is 0 Å². The van der Waals surface area contributed by atoms with E-state index in [0.29, 0.717) is 0 Å². The molecule has 1 heteroatoms. The highest BCUT2D eigenvalue weighted by Gasteiger charge is 2.47. The van der Waals surface area contributed by atoms with Crippen molar-refractivity contribution in [3.63, 3.8) is 0 Å². The van der Waals surface area contributed by atoms with Gasteiger partial charge in [-0.2, -0.15) is 0 Å². The van der Waals surface area contributed by atoms with Crippen LogP contribution < -0.4 is 0 Å². The molecule has 11 rings (SSSR count). The molecule has 242 valence electrons. The molecule has 0 radical (unpaired) electrons. The van der Waals surface area contributed by atoms with Gasteiger partial charge in [-0.25, -0.2) is 0 Å². The van der Waals surface area contributed by atoms with Gasteiger partial charge >= 0.3 is 0 Å². The number of hydrogen-bond acceptors (Lipinski definition) is 1. The van der Waals surface area contributed by atoms with E-state index in [1.165, 1.54) is 77.2 Å². The van der Waals surface area contributed by atoms with Crippen molar-refractivity contribution in [3.05, 3.63) is 216 Å². The highest BCUT2D eigenvalue weighted by Crippen LogP contribution is 2.59. The van der Waals surface area contributed by atoms with Gasteiger partial charge in [0.05, 0.1) is 5.41 Å². The first-order valence-corrected chi connectivity index (χ1v) is 18.0. The minimum absolute atomic E-state index is 0.525. The Morgan fingerprint density at radius 1 is 0.346 bits per heavy atom. The summed E-state index contributed by atoms with van der Waals surface area (Å²) in [5, 5.41) is 7.24. The number of furan rings is 1. The first-order valence-electron chi connectivity index (χ1n) is 18.0. The fourth-order valence-corrected chi connectivity index (χ4v) is 9.13. The number of rotatable bonds is 4. The maximum atomic E-state index is 6.54. The largest absolute Gasteiger partial charge is 0.456 e. The van der Waals surface area contributed by atoms with E-state index >= 15 is 0 Å². The van der Waals surface area contributed by atoms with E-state index in [1.807, 2.05) is 0 Å². The maximum absolute atomic E-state index is 6.54. The predicted octanol–water partition coefficient (Wildman–Crippen LogP) is 13.6. The highest BCUT2D eigenvalue weighted by molar-refractivity contribution is 6.16. The Morgan fingerprint density at radius 2 is 1.00 bits per heavy atom. The summed E-state index contributed by atoms with van der Waals surface area (Å²) in [4.78, 5) is 0. The van der Waals surface area contributed by atoms with Gasteiger partial charge in [0.2, 0.25) is 0 Å². The summed E-state index contributed by atoms with van der Waals surface area (Å²) in [5.74, 6) is 0. The molecule has 0 atom stereocenters. The molecule has 0 N–H and O–H groups in total. The van der Waals surface area contributed by atoms with Crippen LogP contribution in [0.1, 0.15) is 22.3 Å². The van der Waals surface area contributed by atoms with Crippen molar-refractivity contribution in [2.24, 2.45) is 0 Å². The minimum Gasteiger partial charge on any atom is -0.456 e. The fraction of sp³-hybridized carbons (Fsp3) is 0.0196. The molecule has 0 fully saturated rings. The molecule has 0 saturated carbocycles. The molecule has 9 aromatic carbocycles. The lowest BCUT2D eigenvalue weighted by molar-refractivity contribution is 0.669. The summed E-state index contributed by atoms with van der Waals surface area (Å²) >= 11 is 0. The molecular weight excluding hydrogens is 629 g/mol. The first-order chi connectivity index (χ1) is 25.8. The standard InChI is InChI=1S/C51H32O/c1-4-14-33(15-5-1)39-22-12-24-42-41(39)28-29-45-49(42)43-27-26-36(31-46(43)51(45,37-18-6-2-7-19-37)38-20-8-3-9-21-38)40-23-13-25-47-50(40)44-30-34-16-10-11-17-35(34)32-48(44)52-47/h1-32H. The Kier molecular flexibility index (Phi) is 6.23. The lowest BCUT2D eigenvalue weighted by atomic mass is 9.67. The van der Waals surface area contributed by atoms with Gasteiger partial charge in [-0.1, -0.05) is 170 Å². The van der Waals surface area contributed by atoms with Crippen LogP contribution in [-0.4, -0.2) is 0 Å². The van der Waals surface area contributed by atoms with Crippen molar-refractivity contribution >= 4 is 43.5 Å². The van der Waals surface area contributed by atoms with E-state index in [-0.39, 0.29) is 0 Å². The predicted molar refractivity (Wildman–Crippen MR) is 217 cm³/mol. The van der Waals surface area contributed by atoms with Crippen LogP contribution in [0.3, 0.4) is 0 Å². The van der Waals surface area contributed by atoms with E-state index < -0.39 is 5.41 Å². The third kappa shape index (κ3) is 4.05. The zero-order valence-corrected chi connectivity index (χ0v) is 28.4. The van der Waals surface area contributed by atoms with Gasteiger partial charge in [-0.15, -0.1) is 0 Å². The Hall–Kier alpha value is -6.70. The molecule has 0 spiro atoms.